The zero-order chi connectivity index (χ0) is 16.4. The molecule has 1 fully saturated rings. The third kappa shape index (κ3) is 1.96. The molecule has 1 N–H and O–H groups in total. The Kier molecular flexibility index (Phi) is 3.68. The number of hydrogen-bond donors (Lipinski definition) is 1. The highest BCUT2D eigenvalue weighted by Gasteiger charge is 2.57. The second kappa shape index (κ2) is 5.67. The van der Waals surface area contributed by atoms with Crippen LogP contribution in [0.4, 0.5) is 0 Å². The molecule has 2 aliphatic rings. The fraction of sp³-hybridized carbons (Fsp3) is 0.389. The summed E-state index contributed by atoms with van der Waals surface area (Å²) in [6, 6.07) is 10.1. The van der Waals surface area contributed by atoms with E-state index in [1.165, 1.54) is 6.20 Å². The minimum atomic E-state index is -1.40. The lowest BCUT2D eigenvalue weighted by atomic mass is 9.53. The monoisotopic (exact) mass is 301 g/mol. The lowest BCUT2D eigenvalue weighted by Gasteiger charge is -2.45. The third-order valence-corrected chi connectivity index (χ3v) is 5.00. The Balaban J connectivity index is 2.27. The molecule has 1 aromatic heterocycles. The van der Waals surface area contributed by atoms with Crippen LogP contribution in [-0.2, 0) is 5.41 Å². The van der Waals surface area contributed by atoms with Crippen LogP contribution in [-0.4, -0.2) is 10.7 Å². The fourth-order valence-electron chi connectivity index (χ4n) is 3.93. The molecule has 0 unspecified atom stereocenters. The third-order valence-electron chi connectivity index (χ3n) is 5.00. The maximum atomic E-state index is 9.97. The van der Waals surface area contributed by atoms with Gasteiger partial charge in [0, 0.05) is 12.4 Å². The van der Waals surface area contributed by atoms with Crippen molar-refractivity contribution >= 4 is 5.71 Å². The van der Waals surface area contributed by atoms with Gasteiger partial charge in [0.05, 0.1) is 29.8 Å². The number of rotatable bonds is 1. The van der Waals surface area contributed by atoms with Crippen LogP contribution in [0.25, 0.3) is 0 Å². The molecule has 3 rings (SSSR count). The van der Waals surface area contributed by atoms with Crippen molar-refractivity contribution in [2.45, 2.75) is 24.7 Å². The van der Waals surface area contributed by atoms with Crippen molar-refractivity contribution in [2.75, 3.05) is 0 Å². The quantitative estimate of drug-likeness (QED) is 0.804. The van der Waals surface area contributed by atoms with Crippen molar-refractivity contribution < 1.29 is 0 Å². The smallest absolute Gasteiger partial charge is 0.139 e. The molecule has 5 nitrogen and oxygen atoms in total. The van der Waals surface area contributed by atoms with Crippen molar-refractivity contribution in [3.05, 3.63) is 41.7 Å². The number of allylic oxidation sites excluding steroid dienone is 2. The Bertz CT molecular complexity index is 789. The van der Waals surface area contributed by atoms with Crippen LogP contribution >= 0.6 is 0 Å². The molecule has 0 radical (unpaired) electrons. The summed E-state index contributed by atoms with van der Waals surface area (Å²) in [7, 11) is 0. The molecule has 2 aliphatic carbocycles. The van der Waals surface area contributed by atoms with Crippen molar-refractivity contribution in [1.29, 1.82) is 21.2 Å². The van der Waals surface area contributed by atoms with Gasteiger partial charge in [0.2, 0.25) is 0 Å². The summed E-state index contributed by atoms with van der Waals surface area (Å²) < 4.78 is 0. The second-order valence-electron chi connectivity index (χ2n) is 5.99. The Labute approximate surface area is 135 Å². The van der Waals surface area contributed by atoms with Gasteiger partial charge in [-0.3, -0.25) is 4.98 Å². The van der Waals surface area contributed by atoms with Crippen molar-refractivity contribution in [3.8, 4) is 18.2 Å². The number of fused-ring (bicyclic) bond motifs is 1. The summed E-state index contributed by atoms with van der Waals surface area (Å²) in [6.45, 7) is 0. The average Bonchev–Trinajstić information content (AvgIpc) is 2.61. The zero-order valence-corrected chi connectivity index (χ0v) is 12.5. The highest BCUT2D eigenvalue weighted by Crippen LogP contribution is 2.51. The fourth-order valence-corrected chi connectivity index (χ4v) is 3.93. The lowest BCUT2D eigenvalue weighted by molar-refractivity contribution is 0.313. The van der Waals surface area contributed by atoms with E-state index in [9.17, 15) is 15.8 Å². The van der Waals surface area contributed by atoms with Gasteiger partial charge in [0.1, 0.15) is 11.3 Å². The number of pyridine rings is 1. The molecule has 0 amide bonds. The molecule has 1 aromatic rings. The maximum absolute atomic E-state index is 9.97. The van der Waals surface area contributed by atoms with E-state index in [2.05, 4.69) is 23.2 Å². The van der Waals surface area contributed by atoms with E-state index in [0.717, 1.165) is 24.8 Å². The summed E-state index contributed by atoms with van der Waals surface area (Å²) in [4.78, 5) is 4.06. The predicted molar refractivity (Wildman–Crippen MR) is 82.9 cm³/mol. The molecule has 1 heterocycles. The van der Waals surface area contributed by atoms with E-state index >= 15 is 0 Å². The van der Waals surface area contributed by atoms with Gasteiger partial charge in [-0.15, -0.1) is 0 Å². The predicted octanol–water partition coefficient (Wildman–Crippen LogP) is 2.88. The molecule has 0 spiro atoms. The SMILES string of the molecule is N#C[C@@H]1C(=N)[C@](C#N)(c2cccnc2)[C@@H](C#N)[C@@H]2CCCC=C12. The molecule has 0 aliphatic heterocycles. The van der Waals surface area contributed by atoms with Gasteiger partial charge in [-0.05, 0) is 42.4 Å². The number of nitrogens with zero attached hydrogens (tertiary/aromatic N) is 4. The maximum Gasteiger partial charge on any atom is 0.139 e. The Morgan fingerprint density at radius 2 is 2.09 bits per heavy atom. The molecular weight excluding hydrogens is 286 g/mol. The van der Waals surface area contributed by atoms with E-state index in [1.807, 2.05) is 6.08 Å². The number of nitrogens with one attached hydrogen (secondary N) is 1. The van der Waals surface area contributed by atoms with Gasteiger partial charge in [0.25, 0.3) is 0 Å². The number of aromatic nitrogens is 1. The molecule has 5 heteroatoms. The minimum absolute atomic E-state index is 0.00597. The first-order chi connectivity index (χ1) is 11.2. The first kappa shape index (κ1) is 14.9. The average molecular weight is 301 g/mol. The summed E-state index contributed by atoms with van der Waals surface area (Å²) in [5.41, 5.74) is -0.0108. The molecule has 1 saturated carbocycles. The topological polar surface area (TPSA) is 108 Å². The van der Waals surface area contributed by atoms with Gasteiger partial charge in [-0.25, -0.2) is 0 Å². The summed E-state index contributed by atoms with van der Waals surface area (Å²) in [5.74, 6) is -1.54. The summed E-state index contributed by atoms with van der Waals surface area (Å²) >= 11 is 0. The van der Waals surface area contributed by atoms with Crippen LogP contribution in [0.5, 0.6) is 0 Å². The summed E-state index contributed by atoms with van der Waals surface area (Å²) in [5, 5.41) is 38.0. The minimum Gasteiger partial charge on any atom is -0.306 e. The van der Waals surface area contributed by atoms with Crippen molar-refractivity contribution in [3.63, 3.8) is 0 Å². The Morgan fingerprint density at radius 3 is 2.70 bits per heavy atom. The summed E-state index contributed by atoms with van der Waals surface area (Å²) in [6.07, 6.45) is 7.70. The van der Waals surface area contributed by atoms with Gasteiger partial charge in [-0.1, -0.05) is 12.1 Å². The van der Waals surface area contributed by atoms with E-state index in [4.69, 9.17) is 5.41 Å². The van der Waals surface area contributed by atoms with Gasteiger partial charge in [-0.2, -0.15) is 15.8 Å². The Hall–Kier alpha value is -2.97. The van der Waals surface area contributed by atoms with Crippen LogP contribution < -0.4 is 0 Å². The van der Waals surface area contributed by atoms with E-state index in [0.29, 0.717) is 5.56 Å². The molecule has 0 aromatic carbocycles. The highest BCUT2D eigenvalue weighted by molar-refractivity contribution is 6.02. The molecule has 0 bridgehead atoms. The first-order valence-corrected chi connectivity index (χ1v) is 7.60. The standard InChI is InChI=1S/C18H15N5/c19-8-15-13-5-1-2-6-14(13)16(9-20)18(11-21,17(15)22)12-4-3-7-23-10-12/h3-5,7,10,14-16,22H,1-2,6H2/t14-,15+,16+,18-/m1/s1. The lowest BCUT2D eigenvalue weighted by Crippen LogP contribution is -2.53. The number of nitriles is 3. The van der Waals surface area contributed by atoms with Crippen LogP contribution in [0.2, 0.25) is 0 Å². The van der Waals surface area contributed by atoms with Crippen molar-refractivity contribution in [2.24, 2.45) is 17.8 Å². The van der Waals surface area contributed by atoms with Gasteiger partial charge >= 0.3 is 0 Å². The molecule has 112 valence electrons. The largest absolute Gasteiger partial charge is 0.306 e. The Morgan fingerprint density at radius 1 is 1.26 bits per heavy atom. The van der Waals surface area contributed by atoms with E-state index in [1.54, 1.807) is 18.3 Å². The van der Waals surface area contributed by atoms with Gasteiger partial charge in [0.15, 0.2) is 0 Å². The first-order valence-electron chi connectivity index (χ1n) is 7.60. The number of hydrogen-bond acceptors (Lipinski definition) is 5. The van der Waals surface area contributed by atoms with Crippen LogP contribution in [0.3, 0.4) is 0 Å². The van der Waals surface area contributed by atoms with Crippen molar-refractivity contribution in [1.82, 2.24) is 4.98 Å². The molecule has 0 saturated heterocycles. The second-order valence-corrected chi connectivity index (χ2v) is 5.99. The molecular formula is C18H15N5. The van der Waals surface area contributed by atoms with E-state index < -0.39 is 17.3 Å². The molecule has 23 heavy (non-hydrogen) atoms. The highest BCUT2D eigenvalue weighted by atomic mass is 14.7. The zero-order valence-electron chi connectivity index (χ0n) is 12.5. The van der Waals surface area contributed by atoms with Crippen LogP contribution in [0.1, 0.15) is 24.8 Å². The van der Waals surface area contributed by atoms with Gasteiger partial charge < -0.3 is 5.41 Å². The molecule has 4 atom stereocenters. The van der Waals surface area contributed by atoms with Crippen LogP contribution in [0, 0.1) is 57.2 Å². The van der Waals surface area contributed by atoms with Crippen LogP contribution in [0.15, 0.2) is 36.2 Å². The normalized spacial score (nSPS) is 32.7. The van der Waals surface area contributed by atoms with E-state index in [-0.39, 0.29) is 11.6 Å².